The van der Waals surface area contributed by atoms with E-state index in [0.717, 1.165) is 16.5 Å². The van der Waals surface area contributed by atoms with Crippen molar-refractivity contribution >= 4 is 28.7 Å². The van der Waals surface area contributed by atoms with Crippen molar-refractivity contribution in [1.29, 1.82) is 0 Å². The molecule has 0 saturated carbocycles. The Morgan fingerprint density at radius 3 is 2.48 bits per heavy atom. The fourth-order valence-electron chi connectivity index (χ4n) is 3.19. The molecule has 8 N–H and O–H groups in total. The first-order valence-corrected chi connectivity index (χ1v) is 9.61. The van der Waals surface area contributed by atoms with E-state index in [0.29, 0.717) is 5.69 Å². The predicted octanol–water partition coefficient (Wildman–Crippen LogP) is -0.950. The van der Waals surface area contributed by atoms with E-state index in [1.54, 1.807) is 12.4 Å². The summed E-state index contributed by atoms with van der Waals surface area (Å²) < 4.78 is 0. The lowest BCUT2D eigenvalue weighted by molar-refractivity contribution is -0.143. The van der Waals surface area contributed by atoms with Crippen molar-refractivity contribution in [3.63, 3.8) is 0 Å². The molecule has 3 rings (SSSR count). The normalized spacial score (nSPS) is 14.0. The van der Waals surface area contributed by atoms with E-state index in [1.807, 2.05) is 24.3 Å². The number of fused-ring (bicyclic) bond motifs is 1. The molecule has 11 heteroatoms. The number of aliphatic hydroxyl groups is 1. The van der Waals surface area contributed by atoms with E-state index in [2.05, 4.69) is 25.6 Å². The van der Waals surface area contributed by atoms with Gasteiger partial charge in [-0.3, -0.25) is 9.59 Å². The smallest absolute Gasteiger partial charge is 0.328 e. The van der Waals surface area contributed by atoms with E-state index >= 15 is 0 Å². The molecule has 2 aromatic heterocycles. The minimum absolute atomic E-state index is 0.0917. The maximum absolute atomic E-state index is 12.8. The van der Waals surface area contributed by atoms with Gasteiger partial charge in [-0.25, -0.2) is 9.78 Å². The van der Waals surface area contributed by atoms with Crippen LogP contribution < -0.4 is 16.4 Å². The first-order chi connectivity index (χ1) is 14.9. The Labute approximate surface area is 177 Å². The topological polar surface area (TPSA) is 186 Å². The van der Waals surface area contributed by atoms with Crippen LogP contribution in [0.4, 0.5) is 0 Å². The summed E-state index contributed by atoms with van der Waals surface area (Å²) in [5, 5.41) is 24.1. The van der Waals surface area contributed by atoms with Crippen LogP contribution in [0.25, 0.3) is 10.9 Å². The molecule has 0 aliphatic rings. The second-order valence-corrected chi connectivity index (χ2v) is 7.08. The third-order valence-corrected chi connectivity index (χ3v) is 4.85. The van der Waals surface area contributed by atoms with Crippen molar-refractivity contribution in [3.05, 3.63) is 54.2 Å². The fraction of sp³-hybridized carbons (Fsp3) is 0.300. The predicted molar refractivity (Wildman–Crippen MR) is 111 cm³/mol. The number of carbonyl (C=O) groups excluding carboxylic acids is 2. The van der Waals surface area contributed by atoms with Gasteiger partial charge in [0.2, 0.25) is 11.8 Å². The Balaban J connectivity index is 1.78. The number of aliphatic carboxylic acids is 1. The van der Waals surface area contributed by atoms with Crippen LogP contribution in [0.5, 0.6) is 0 Å². The Bertz CT molecular complexity index is 1050. The minimum Gasteiger partial charge on any atom is -0.480 e. The average molecular weight is 428 g/mol. The van der Waals surface area contributed by atoms with Crippen molar-refractivity contribution in [2.45, 2.75) is 31.0 Å². The first kappa shape index (κ1) is 22.0. The highest BCUT2D eigenvalue weighted by Gasteiger charge is 2.28. The molecule has 164 valence electrons. The van der Waals surface area contributed by atoms with Crippen LogP contribution in [0.15, 0.2) is 43.0 Å². The summed E-state index contributed by atoms with van der Waals surface area (Å²) in [6, 6.07) is 3.89. The molecule has 1 aromatic carbocycles. The zero-order valence-electron chi connectivity index (χ0n) is 16.5. The van der Waals surface area contributed by atoms with Crippen LogP contribution >= 0.6 is 0 Å². The summed E-state index contributed by atoms with van der Waals surface area (Å²) in [7, 11) is 0. The number of hydrogen-bond acceptors (Lipinski definition) is 6. The van der Waals surface area contributed by atoms with Crippen molar-refractivity contribution < 1.29 is 24.6 Å². The van der Waals surface area contributed by atoms with Crippen LogP contribution in [0, 0.1) is 0 Å². The molecular formula is C20H24N6O5. The molecule has 0 saturated heterocycles. The van der Waals surface area contributed by atoms with Crippen LogP contribution in [-0.4, -0.2) is 67.7 Å². The van der Waals surface area contributed by atoms with Gasteiger partial charge in [-0.05, 0) is 11.6 Å². The molecule has 0 unspecified atom stereocenters. The molecule has 3 aromatic rings. The van der Waals surface area contributed by atoms with Crippen LogP contribution in [0.1, 0.15) is 11.3 Å². The summed E-state index contributed by atoms with van der Waals surface area (Å²) >= 11 is 0. The molecular weight excluding hydrogens is 404 g/mol. The molecule has 2 heterocycles. The number of nitrogens with two attached hydrogens (primary N) is 1. The number of aromatic nitrogens is 3. The number of hydrogen-bond donors (Lipinski definition) is 7. The number of carboxylic acids is 1. The highest BCUT2D eigenvalue weighted by atomic mass is 16.4. The molecule has 0 aliphatic carbocycles. The SMILES string of the molecule is N[C@@H](Cc1c[nH]cn1)C(=O)N[C@@H](Cc1c[nH]c2ccccc12)C(=O)N[C@@H](CO)C(=O)O. The van der Waals surface area contributed by atoms with Gasteiger partial charge in [0.15, 0.2) is 0 Å². The van der Waals surface area contributed by atoms with E-state index in [-0.39, 0.29) is 12.8 Å². The number of nitrogens with one attached hydrogen (secondary N) is 4. The number of imidazole rings is 1. The van der Waals surface area contributed by atoms with Crippen molar-refractivity contribution in [2.24, 2.45) is 5.73 Å². The lowest BCUT2D eigenvalue weighted by Gasteiger charge is -2.22. The number of aliphatic hydroxyl groups excluding tert-OH is 1. The second-order valence-electron chi connectivity index (χ2n) is 7.08. The Hall–Kier alpha value is -3.70. The average Bonchev–Trinajstić information content (AvgIpc) is 3.41. The number of carboxylic acid groups (broad SMARTS) is 1. The summed E-state index contributed by atoms with van der Waals surface area (Å²) in [5.41, 5.74) is 8.16. The summed E-state index contributed by atoms with van der Waals surface area (Å²) in [5.74, 6) is -2.71. The standard InChI is InChI=1S/C20H24N6O5/c21-14(6-12-8-22-10-24-12)18(28)25-16(19(29)26-17(9-27)20(30)31)5-11-7-23-15-4-2-1-3-13(11)15/h1-4,7-8,10,14,16-17,23,27H,5-6,9,21H2,(H,22,24)(H,25,28)(H,26,29)(H,30,31)/t14-,16-,17-/m0/s1. The van der Waals surface area contributed by atoms with E-state index < -0.39 is 42.5 Å². The number of para-hydroxylation sites is 1. The fourth-order valence-corrected chi connectivity index (χ4v) is 3.19. The lowest BCUT2D eigenvalue weighted by Crippen LogP contribution is -2.56. The zero-order valence-corrected chi connectivity index (χ0v) is 16.5. The van der Waals surface area contributed by atoms with Crippen molar-refractivity contribution in [2.75, 3.05) is 6.61 Å². The third-order valence-electron chi connectivity index (χ3n) is 4.85. The lowest BCUT2D eigenvalue weighted by atomic mass is 10.0. The van der Waals surface area contributed by atoms with E-state index in [1.165, 1.54) is 6.33 Å². The Morgan fingerprint density at radius 2 is 1.81 bits per heavy atom. The van der Waals surface area contributed by atoms with Gasteiger partial charge in [0.05, 0.1) is 24.7 Å². The number of nitrogens with zero attached hydrogens (tertiary/aromatic N) is 1. The molecule has 2 amide bonds. The third kappa shape index (κ3) is 5.47. The number of amides is 2. The van der Waals surface area contributed by atoms with Crippen molar-refractivity contribution in [3.8, 4) is 0 Å². The Morgan fingerprint density at radius 1 is 1.06 bits per heavy atom. The molecule has 0 aliphatic heterocycles. The van der Waals surface area contributed by atoms with Gasteiger partial charge in [0, 0.05) is 36.1 Å². The van der Waals surface area contributed by atoms with Crippen LogP contribution in [-0.2, 0) is 27.2 Å². The van der Waals surface area contributed by atoms with Crippen molar-refractivity contribution in [1.82, 2.24) is 25.6 Å². The monoisotopic (exact) mass is 428 g/mol. The zero-order chi connectivity index (χ0) is 22.4. The minimum atomic E-state index is -1.49. The summed E-state index contributed by atoms with van der Waals surface area (Å²) in [6.07, 6.45) is 5.05. The second kappa shape index (κ2) is 9.87. The van der Waals surface area contributed by atoms with Crippen LogP contribution in [0.2, 0.25) is 0 Å². The first-order valence-electron chi connectivity index (χ1n) is 9.61. The maximum atomic E-state index is 12.8. The highest BCUT2D eigenvalue weighted by Crippen LogP contribution is 2.19. The van der Waals surface area contributed by atoms with Gasteiger partial charge in [-0.1, -0.05) is 18.2 Å². The molecule has 11 nitrogen and oxygen atoms in total. The quantitative estimate of drug-likeness (QED) is 0.217. The molecule has 3 atom stereocenters. The largest absolute Gasteiger partial charge is 0.480 e. The van der Waals surface area contributed by atoms with Gasteiger partial charge in [0.1, 0.15) is 12.1 Å². The van der Waals surface area contributed by atoms with Gasteiger partial charge in [-0.2, -0.15) is 0 Å². The molecule has 31 heavy (non-hydrogen) atoms. The Kier molecular flexibility index (Phi) is 7.00. The highest BCUT2D eigenvalue weighted by molar-refractivity contribution is 5.93. The van der Waals surface area contributed by atoms with Crippen LogP contribution in [0.3, 0.4) is 0 Å². The summed E-state index contributed by atoms with van der Waals surface area (Å²) in [4.78, 5) is 46.5. The van der Waals surface area contributed by atoms with Gasteiger partial charge >= 0.3 is 5.97 Å². The van der Waals surface area contributed by atoms with Gasteiger partial charge < -0.3 is 36.5 Å². The molecule has 0 radical (unpaired) electrons. The number of aromatic amines is 2. The molecule has 0 fully saturated rings. The van der Waals surface area contributed by atoms with E-state index in [9.17, 15) is 19.5 Å². The number of carbonyl (C=O) groups is 3. The van der Waals surface area contributed by atoms with Gasteiger partial charge in [0.25, 0.3) is 0 Å². The number of H-pyrrole nitrogens is 2. The number of benzene rings is 1. The van der Waals surface area contributed by atoms with E-state index in [4.69, 9.17) is 10.8 Å². The van der Waals surface area contributed by atoms with Gasteiger partial charge in [-0.15, -0.1) is 0 Å². The maximum Gasteiger partial charge on any atom is 0.328 e. The molecule has 0 spiro atoms. The summed E-state index contributed by atoms with van der Waals surface area (Å²) in [6.45, 7) is -0.784. The molecule has 0 bridgehead atoms. The number of rotatable bonds is 10.